The van der Waals surface area contributed by atoms with E-state index in [1.165, 1.54) is 0 Å². The van der Waals surface area contributed by atoms with Crippen molar-refractivity contribution in [3.05, 3.63) is 0 Å². The maximum absolute atomic E-state index is 3.89. The van der Waals surface area contributed by atoms with Gasteiger partial charge in [-0.1, -0.05) is 0 Å². The van der Waals surface area contributed by atoms with Crippen LogP contribution in [0.1, 0.15) is 0 Å². The standard InChI is InChI=1S/C5H11N3/c1-6-3-4-8-5-7-2/h3-4,7H,5H2,1-2H3. The molecule has 0 bridgehead atoms. The highest BCUT2D eigenvalue weighted by atomic mass is 15.0. The summed E-state index contributed by atoms with van der Waals surface area (Å²) in [5.74, 6) is 0. The van der Waals surface area contributed by atoms with Crippen LogP contribution < -0.4 is 5.32 Å². The fourth-order valence-corrected chi connectivity index (χ4v) is 0.258. The van der Waals surface area contributed by atoms with Crippen molar-refractivity contribution < 1.29 is 0 Å². The summed E-state index contributed by atoms with van der Waals surface area (Å²) in [6, 6.07) is 0. The third-order valence-electron chi connectivity index (χ3n) is 0.571. The predicted octanol–water partition coefficient (Wildman–Crippen LogP) is -0.0653. The molecule has 0 amide bonds. The van der Waals surface area contributed by atoms with Crippen LogP contribution in [0.5, 0.6) is 0 Å². The van der Waals surface area contributed by atoms with E-state index < -0.39 is 0 Å². The molecule has 0 saturated heterocycles. The lowest BCUT2D eigenvalue weighted by molar-refractivity contribution is 0.839. The molecular weight excluding hydrogens is 102 g/mol. The van der Waals surface area contributed by atoms with Gasteiger partial charge in [-0.3, -0.25) is 9.98 Å². The van der Waals surface area contributed by atoms with Crippen LogP contribution in [0, 0.1) is 0 Å². The number of hydrogen-bond donors (Lipinski definition) is 1. The molecule has 3 nitrogen and oxygen atoms in total. The van der Waals surface area contributed by atoms with Gasteiger partial charge in [0, 0.05) is 19.5 Å². The molecule has 0 spiro atoms. The van der Waals surface area contributed by atoms with Gasteiger partial charge >= 0.3 is 0 Å². The molecule has 0 rings (SSSR count). The zero-order chi connectivity index (χ0) is 6.24. The van der Waals surface area contributed by atoms with E-state index in [0.717, 1.165) is 0 Å². The molecule has 0 atom stereocenters. The van der Waals surface area contributed by atoms with Gasteiger partial charge in [0.05, 0.1) is 6.67 Å². The summed E-state index contributed by atoms with van der Waals surface area (Å²) in [6.07, 6.45) is 3.31. The molecule has 0 aliphatic rings. The van der Waals surface area contributed by atoms with E-state index >= 15 is 0 Å². The smallest absolute Gasteiger partial charge is 0.0882 e. The summed E-state index contributed by atoms with van der Waals surface area (Å²) >= 11 is 0. The van der Waals surface area contributed by atoms with Crippen LogP contribution >= 0.6 is 0 Å². The lowest BCUT2D eigenvalue weighted by Crippen LogP contribution is -2.04. The van der Waals surface area contributed by atoms with Gasteiger partial charge in [0.15, 0.2) is 0 Å². The van der Waals surface area contributed by atoms with E-state index in [9.17, 15) is 0 Å². The van der Waals surface area contributed by atoms with Crippen molar-refractivity contribution in [3.63, 3.8) is 0 Å². The van der Waals surface area contributed by atoms with Gasteiger partial charge in [-0.15, -0.1) is 0 Å². The van der Waals surface area contributed by atoms with Crippen LogP contribution in [-0.4, -0.2) is 33.2 Å². The second kappa shape index (κ2) is 6.30. The van der Waals surface area contributed by atoms with E-state index in [0.29, 0.717) is 6.67 Å². The van der Waals surface area contributed by atoms with Crippen LogP contribution in [0.15, 0.2) is 9.98 Å². The molecule has 0 aromatic carbocycles. The van der Waals surface area contributed by atoms with Gasteiger partial charge in [-0.25, -0.2) is 0 Å². The Morgan fingerprint density at radius 2 is 2.25 bits per heavy atom. The summed E-state index contributed by atoms with van der Waals surface area (Å²) in [5.41, 5.74) is 0. The quantitative estimate of drug-likeness (QED) is 0.511. The Labute approximate surface area is 49.5 Å². The van der Waals surface area contributed by atoms with E-state index in [1.54, 1.807) is 19.5 Å². The molecule has 3 heteroatoms. The molecule has 0 radical (unpaired) electrons. The van der Waals surface area contributed by atoms with Crippen molar-refractivity contribution in [1.82, 2.24) is 5.32 Å². The maximum atomic E-state index is 3.89. The summed E-state index contributed by atoms with van der Waals surface area (Å²) in [7, 11) is 3.56. The predicted molar refractivity (Wildman–Crippen MR) is 36.8 cm³/mol. The van der Waals surface area contributed by atoms with E-state index in [-0.39, 0.29) is 0 Å². The van der Waals surface area contributed by atoms with Gasteiger partial charge in [0.25, 0.3) is 0 Å². The number of rotatable bonds is 3. The monoisotopic (exact) mass is 113 g/mol. The zero-order valence-corrected chi connectivity index (χ0v) is 5.26. The molecule has 0 aromatic rings. The molecule has 0 unspecified atom stereocenters. The normalized spacial score (nSPS) is 11.8. The Hall–Kier alpha value is -0.700. The number of nitrogens with zero attached hydrogens (tertiary/aromatic N) is 2. The van der Waals surface area contributed by atoms with Crippen LogP contribution in [-0.2, 0) is 0 Å². The highest BCUT2D eigenvalue weighted by Crippen LogP contribution is 1.55. The minimum atomic E-state index is 0.659. The Morgan fingerprint density at radius 3 is 2.75 bits per heavy atom. The first-order valence-corrected chi connectivity index (χ1v) is 2.47. The van der Waals surface area contributed by atoms with Gasteiger partial charge < -0.3 is 5.32 Å². The molecule has 46 valence electrons. The Kier molecular flexibility index (Phi) is 5.75. The van der Waals surface area contributed by atoms with Crippen LogP contribution in [0.3, 0.4) is 0 Å². The van der Waals surface area contributed by atoms with Crippen molar-refractivity contribution in [2.75, 3.05) is 20.8 Å². The molecule has 0 fully saturated rings. The fourth-order valence-electron chi connectivity index (χ4n) is 0.258. The SMILES string of the molecule is CN=CC=NCNC. The Bertz CT molecular complexity index is 85.7. The first-order chi connectivity index (χ1) is 3.91. The molecule has 8 heavy (non-hydrogen) atoms. The molecule has 0 aliphatic heterocycles. The number of aliphatic imine (C=N–C) groups is 2. The molecule has 0 saturated carbocycles. The second-order valence-corrected chi connectivity index (χ2v) is 1.25. The van der Waals surface area contributed by atoms with Gasteiger partial charge in [-0.2, -0.15) is 0 Å². The minimum absolute atomic E-state index is 0.659. The van der Waals surface area contributed by atoms with E-state index in [2.05, 4.69) is 15.3 Å². The zero-order valence-electron chi connectivity index (χ0n) is 5.26. The number of hydrogen-bond acceptors (Lipinski definition) is 3. The van der Waals surface area contributed by atoms with E-state index in [4.69, 9.17) is 0 Å². The Morgan fingerprint density at radius 1 is 1.50 bits per heavy atom. The lowest BCUT2D eigenvalue weighted by Gasteiger charge is -1.83. The Balaban J connectivity index is 3.07. The van der Waals surface area contributed by atoms with Crippen molar-refractivity contribution >= 4 is 12.4 Å². The van der Waals surface area contributed by atoms with E-state index in [1.807, 2.05) is 7.05 Å². The van der Waals surface area contributed by atoms with Crippen LogP contribution in [0.25, 0.3) is 0 Å². The third-order valence-corrected chi connectivity index (χ3v) is 0.571. The third kappa shape index (κ3) is 5.30. The summed E-state index contributed by atoms with van der Waals surface area (Å²) in [6.45, 7) is 0.659. The second-order valence-electron chi connectivity index (χ2n) is 1.25. The first kappa shape index (κ1) is 7.30. The fraction of sp³-hybridized carbons (Fsp3) is 0.600. The average Bonchev–Trinajstić information content (AvgIpc) is 1.81. The highest BCUT2D eigenvalue weighted by Gasteiger charge is 1.64. The first-order valence-electron chi connectivity index (χ1n) is 2.47. The summed E-state index contributed by atoms with van der Waals surface area (Å²) < 4.78 is 0. The van der Waals surface area contributed by atoms with Gasteiger partial charge in [0.1, 0.15) is 0 Å². The van der Waals surface area contributed by atoms with Gasteiger partial charge in [-0.05, 0) is 7.05 Å². The van der Waals surface area contributed by atoms with Crippen molar-refractivity contribution in [1.29, 1.82) is 0 Å². The number of nitrogens with one attached hydrogen (secondary N) is 1. The van der Waals surface area contributed by atoms with Crippen molar-refractivity contribution in [2.45, 2.75) is 0 Å². The maximum Gasteiger partial charge on any atom is 0.0882 e. The average molecular weight is 113 g/mol. The molecule has 1 N–H and O–H groups in total. The largest absolute Gasteiger partial charge is 0.301 e. The minimum Gasteiger partial charge on any atom is -0.301 e. The molecular formula is C5H11N3. The summed E-state index contributed by atoms with van der Waals surface area (Å²) in [5, 5.41) is 2.87. The van der Waals surface area contributed by atoms with Crippen LogP contribution in [0.4, 0.5) is 0 Å². The molecule has 0 aromatic heterocycles. The molecule has 0 heterocycles. The van der Waals surface area contributed by atoms with Crippen molar-refractivity contribution in [3.8, 4) is 0 Å². The van der Waals surface area contributed by atoms with Crippen LogP contribution in [0.2, 0.25) is 0 Å². The summed E-state index contributed by atoms with van der Waals surface area (Å²) in [4.78, 5) is 7.60. The molecule has 0 aliphatic carbocycles. The van der Waals surface area contributed by atoms with Gasteiger partial charge in [0.2, 0.25) is 0 Å². The van der Waals surface area contributed by atoms with Crippen molar-refractivity contribution in [2.24, 2.45) is 9.98 Å². The highest BCUT2D eigenvalue weighted by molar-refractivity contribution is 6.15. The lowest BCUT2D eigenvalue weighted by atomic mass is 10.8. The topological polar surface area (TPSA) is 36.8 Å².